The van der Waals surface area contributed by atoms with Crippen LogP contribution in [-0.2, 0) is 0 Å². The Bertz CT molecular complexity index is 792. The maximum absolute atomic E-state index is 13.0. The highest BCUT2D eigenvalue weighted by molar-refractivity contribution is 5.95. The van der Waals surface area contributed by atoms with Gasteiger partial charge >= 0.3 is 0 Å². The van der Waals surface area contributed by atoms with Gasteiger partial charge in [0.2, 0.25) is 0 Å². The number of aromatic nitrogens is 2. The molecule has 0 bridgehead atoms. The Labute approximate surface area is 165 Å². The van der Waals surface area contributed by atoms with E-state index in [9.17, 15) is 9.59 Å². The molecule has 1 aromatic heterocycles. The average Bonchev–Trinajstić information content (AvgIpc) is 3.21. The van der Waals surface area contributed by atoms with Gasteiger partial charge in [-0.3, -0.25) is 9.59 Å². The van der Waals surface area contributed by atoms with Crippen molar-refractivity contribution in [1.29, 1.82) is 0 Å². The van der Waals surface area contributed by atoms with Crippen molar-refractivity contribution in [3.05, 3.63) is 60.2 Å². The van der Waals surface area contributed by atoms with E-state index in [1.165, 1.54) is 6.33 Å². The number of amides is 2. The summed E-state index contributed by atoms with van der Waals surface area (Å²) in [6.07, 6.45) is 2.99. The summed E-state index contributed by atoms with van der Waals surface area (Å²) in [6.45, 7) is 3.46. The summed E-state index contributed by atoms with van der Waals surface area (Å²) in [5, 5.41) is 0. The minimum Gasteiger partial charge on any atom is -0.338 e. The summed E-state index contributed by atoms with van der Waals surface area (Å²) >= 11 is 0. The summed E-state index contributed by atoms with van der Waals surface area (Å²) in [5.41, 5.74) is 1.03. The molecule has 4 rings (SSSR count). The number of nitrogens with zero attached hydrogens (tertiary/aromatic N) is 5. The number of hydrogen-bond donors (Lipinski definition) is 0. The van der Waals surface area contributed by atoms with E-state index in [0.29, 0.717) is 31.9 Å². The second-order valence-electron chi connectivity index (χ2n) is 8.13. The zero-order chi connectivity index (χ0) is 19.7. The quantitative estimate of drug-likeness (QED) is 0.800. The zero-order valence-electron chi connectivity index (χ0n) is 16.3. The van der Waals surface area contributed by atoms with Crippen molar-refractivity contribution in [1.82, 2.24) is 24.7 Å². The van der Waals surface area contributed by atoms with Crippen molar-refractivity contribution >= 4 is 11.8 Å². The second kappa shape index (κ2) is 7.31. The van der Waals surface area contributed by atoms with E-state index in [4.69, 9.17) is 0 Å². The molecule has 2 aliphatic heterocycles. The maximum atomic E-state index is 13.0. The first-order valence-electron chi connectivity index (χ1n) is 9.53. The molecular weight excluding hydrogens is 354 g/mol. The molecule has 2 saturated heterocycles. The monoisotopic (exact) mass is 379 g/mol. The Balaban J connectivity index is 1.54. The van der Waals surface area contributed by atoms with Gasteiger partial charge in [0.1, 0.15) is 12.0 Å². The molecule has 0 saturated carbocycles. The van der Waals surface area contributed by atoms with Gasteiger partial charge in [-0.25, -0.2) is 9.97 Å². The number of hydrogen-bond acceptors (Lipinski definition) is 5. The summed E-state index contributed by atoms with van der Waals surface area (Å²) in [7, 11) is 4.09. The Morgan fingerprint density at radius 2 is 1.75 bits per heavy atom. The molecule has 0 N–H and O–H groups in total. The third kappa shape index (κ3) is 3.38. The van der Waals surface area contributed by atoms with Gasteiger partial charge in [-0.05, 0) is 32.3 Å². The first kappa shape index (κ1) is 18.6. The van der Waals surface area contributed by atoms with Crippen molar-refractivity contribution in [3.63, 3.8) is 0 Å². The molecule has 1 aromatic carbocycles. The molecule has 2 fully saturated rings. The topological polar surface area (TPSA) is 69.6 Å². The number of carbonyl (C=O) groups is 2. The van der Waals surface area contributed by atoms with E-state index in [1.807, 2.05) is 54.2 Å². The molecule has 146 valence electrons. The molecule has 2 amide bonds. The fraction of sp³-hybridized carbons (Fsp3) is 0.429. The minimum atomic E-state index is -0.114. The van der Waals surface area contributed by atoms with Gasteiger partial charge in [-0.2, -0.15) is 0 Å². The lowest BCUT2D eigenvalue weighted by atomic mass is 9.80. The van der Waals surface area contributed by atoms with Crippen LogP contribution in [0, 0.1) is 11.3 Å². The lowest BCUT2D eigenvalue weighted by Crippen LogP contribution is -2.43. The number of rotatable bonds is 4. The van der Waals surface area contributed by atoms with Gasteiger partial charge < -0.3 is 14.7 Å². The standard InChI is InChI=1S/C21H25N5O2/c1-24(2)12-21-13-25(19(27)16-6-4-3-5-7-16)10-17(21)11-26(14-21)20(28)18-8-9-22-15-23-18/h3-9,15,17H,10-14H2,1-2H3/t17-,21+/m1/s1. The molecule has 0 unspecified atom stereocenters. The minimum absolute atomic E-state index is 0.0594. The summed E-state index contributed by atoms with van der Waals surface area (Å²) in [5.74, 6) is 0.269. The molecule has 0 aliphatic carbocycles. The van der Waals surface area contributed by atoms with Gasteiger partial charge in [0, 0.05) is 55.8 Å². The van der Waals surface area contributed by atoms with E-state index in [1.54, 1.807) is 12.3 Å². The van der Waals surface area contributed by atoms with Crippen LogP contribution in [0.1, 0.15) is 20.8 Å². The number of likely N-dealkylation sites (tertiary alicyclic amines) is 2. The molecule has 0 spiro atoms. The fourth-order valence-electron chi connectivity index (χ4n) is 4.69. The Hall–Kier alpha value is -2.80. The number of carbonyl (C=O) groups excluding carboxylic acids is 2. The van der Waals surface area contributed by atoms with Gasteiger partial charge in [0.15, 0.2) is 0 Å². The predicted octanol–water partition coefficient (Wildman–Crippen LogP) is 1.25. The lowest BCUT2D eigenvalue weighted by molar-refractivity contribution is 0.0698. The lowest BCUT2D eigenvalue weighted by Gasteiger charge is -2.32. The van der Waals surface area contributed by atoms with Crippen LogP contribution in [0.25, 0.3) is 0 Å². The molecule has 7 nitrogen and oxygen atoms in total. The van der Waals surface area contributed by atoms with Crippen molar-refractivity contribution < 1.29 is 9.59 Å². The molecule has 2 atom stereocenters. The first-order valence-corrected chi connectivity index (χ1v) is 9.53. The maximum Gasteiger partial charge on any atom is 0.272 e. The van der Waals surface area contributed by atoms with Crippen LogP contribution in [0.5, 0.6) is 0 Å². The Morgan fingerprint density at radius 1 is 1.07 bits per heavy atom. The van der Waals surface area contributed by atoms with Gasteiger partial charge in [0.25, 0.3) is 11.8 Å². The molecule has 7 heteroatoms. The summed E-state index contributed by atoms with van der Waals surface area (Å²) in [4.78, 5) is 39.8. The molecule has 28 heavy (non-hydrogen) atoms. The normalized spacial score (nSPS) is 23.9. The van der Waals surface area contributed by atoms with E-state index in [0.717, 1.165) is 12.1 Å². The van der Waals surface area contributed by atoms with E-state index < -0.39 is 0 Å². The molecule has 2 aliphatic rings. The molecular formula is C21H25N5O2. The Morgan fingerprint density at radius 3 is 2.36 bits per heavy atom. The van der Waals surface area contributed by atoms with Crippen molar-refractivity contribution in [3.8, 4) is 0 Å². The van der Waals surface area contributed by atoms with E-state index in [-0.39, 0.29) is 23.1 Å². The number of benzene rings is 1. The van der Waals surface area contributed by atoms with Gasteiger partial charge in [-0.15, -0.1) is 0 Å². The van der Waals surface area contributed by atoms with Crippen molar-refractivity contribution in [2.24, 2.45) is 11.3 Å². The van der Waals surface area contributed by atoms with Crippen LogP contribution in [0.3, 0.4) is 0 Å². The van der Waals surface area contributed by atoms with Crippen molar-refractivity contribution in [2.75, 3.05) is 46.8 Å². The van der Waals surface area contributed by atoms with Crippen LogP contribution >= 0.6 is 0 Å². The van der Waals surface area contributed by atoms with E-state index in [2.05, 4.69) is 14.9 Å². The number of fused-ring (bicyclic) bond motifs is 1. The van der Waals surface area contributed by atoms with E-state index >= 15 is 0 Å². The summed E-state index contributed by atoms with van der Waals surface area (Å²) < 4.78 is 0. The van der Waals surface area contributed by atoms with Crippen molar-refractivity contribution in [2.45, 2.75) is 0 Å². The third-order valence-electron chi connectivity index (χ3n) is 5.79. The molecule has 3 heterocycles. The predicted molar refractivity (Wildman–Crippen MR) is 105 cm³/mol. The van der Waals surface area contributed by atoms with Crippen LogP contribution < -0.4 is 0 Å². The summed E-state index contributed by atoms with van der Waals surface area (Å²) in [6, 6.07) is 11.1. The fourth-order valence-corrected chi connectivity index (χ4v) is 4.69. The van der Waals surface area contributed by atoms with Crippen LogP contribution in [0.2, 0.25) is 0 Å². The first-order chi connectivity index (χ1) is 13.5. The molecule has 0 radical (unpaired) electrons. The molecule has 2 aromatic rings. The van der Waals surface area contributed by atoms with Crippen LogP contribution in [0.15, 0.2) is 48.9 Å². The average molecular weight is 379 g/mol. The zero-order valence-corrected chi connectivity index (χ0v) is 16.3. The third-order valence-corrected chi connectivity index (χ3v) is 5.79. The highest BCUT2D eigenvalue weighted by Crippen LogP contribution is 2.43. The van der Waals surface area contributed by atoms with Crippen LogP contribution in [0.4, 0.5) is 0 Å². The largest absolute Gasteiger partial charge is 0.338 e. The van der Waals surface area contributed by atoms with Gasteiger partial charge in [0.05, 0.1) is 0 Å². The SMILES string of the molecule is CN(C)C[C@@]12CN(C(=O)c3ccccc3)C[C@@H]1CN(C(=O)c1ccncn1)C2. The highest BCUT2D eigenvalue weighted by Gasteiger charge is 2.54. The Kier molecular flexibility index (Phi) is 4.85. The van der Waals surface area contributed by atoms with Crippen LogP contribution in [-0.4, -0.2) is 83.3 Å². The smallest absolute Gasteiger partial charge is 0.272 e. The highest BCUT2D eigenvalue weighted by atomic mass is 16.2. The van der Waals surface area contributed by atoms with Gasteiger partial charge in [-0.1, -0.05) is 18.2 Å². The second-order valence-corrected chi connectivity index (χ2v) is 8.13.